The maximum absolute atomic E-state index is 12.2. The number of rotatable bonds is 8. The lowest BCUT2D eigenvalue weighted by molar-refractivity contribution is -0.122. The normalized spacial score (nSPS) is 12.2. The molecule has 1 unspecified atom stereocenters. The molecule has 0 saturated carbocycles. The van der Waals surface area contributed by atoms with Crippen molar-refractivity contribution in [3.05, 3.63) is 66.2 Å². The number of benzene rings is 2. The highest BCUT2D eigenvalue weighted by Crippen LogP contribution is 2.18. The molecular formula is C18H19ClN2O4S. The van der Waals surface area contributed by atoms with E-state index in [9.17, 15) is 13.2 Å². The van der Waals surface area contributed by atoms with Gasteiger partial charge in [0.15, 0.2) is 6.10 Å². The molecule has 2 aromatic rings. The number of nitrogens with one attached hydrogen (secondary N) is 2. The average molecular weight is 395 g/mol. The first kappa shape index (κ1) is 20.0. The maximum Gasteiger partial charge on any atom is 0.265 e. The Morgan fingerprint density at radius 2 is 1.81 bits per heavy atom. The van der Waals surface area contributed by atoms with Gasteiger partial charge in [-0.05, 0) is 55.5 Å². The monoisotopic (exact) mass is 394 g/mol. The van der Waals surface area contributed by atoms with E-state index in [1.165, 1.54) is 30.3 Å². The number of ether oxygens (including phenoxy) is 1. The molecule has 1 atom stereocenters. The largest absolute Gasteiger partial charge is 0.481 e. The third-order valence-corrected chi connectivity index (χ3v) is 5.04. The third-order valence-electron chi connectivity index (χ3n) is 3.35. The van der Waals surface area contributed by atoms with Gasteiger partial charge in [0.1, 0.15) is 5.75 Å². The Morgan fingerprint density at radius 3 is 2.38 bits per heavy atom. The van der Waals surface area contributed by atoms with E-state index in [4.69, 9.17) is 16.3 Å². The fraction of sp³-hybridized carbons (Fsp3) is 0.167. The van der Waals surface area contributed by atoms with Gasteiger partial charge in [0.05, 0.1) is 4.90 Å². The molecule has 0 aliphatic rings. The van der Waals surface area contributed by atoms with Crippen molar-refractivity contribution < 1.29 is 17.9 Å². The van der Waals surface area contributed by atoms with Gasteiger partial charge < -0.3 is 10.1 Å². The van der Waals surface area contributed by atoms with Crippen molar-refractivity contribution in [1.29, 1.82) is 0 Å². The Labute approximate surface area is 157 Å². The summed E-state index contributed by atoms with van der Waals surface area (Å²) in [5.74, 6) is 0.159. The van der Waals surface area contributed by atoms with E-state index < -0.39 is 16.1 Å². The van der Waals surface area contributed by atoms with Gasteiger partial charge in [-0.15, -0.1) is 6.58 Å². The minimum Gasteiger partial charge on any atom is -0.481 e. The minimum atomic E-state index is -3.60. The van der Waals surface area contributed by atoms with Gasteiger partial charge >= 0.3 is 0 Å². The SMILES string of the molecule is C=CCNS(=O)(=O)c1ccc(NC(=O)C(C)Oc2ccc(Cl)cc2)cc1. The molecule has 0 saturated heterocycles. The van der Waals surface area contributed by atoms with Crippen LogP contribution in [0, 0.1) is 0 Å². The molecule has 0 fully saturated rings. The molecule has 6 nitrogen and oxygen atoms in total. The molecule has 0 aliphatic carbocycles. The first-order chi connectivity index (χ1) is 12.3. The topological polar surface area (TPSA) is 84.5 Å². The van der Waals surface area contributed by atoms with E-state index in [0.29, 0.717) is 16.5 Å². The molecule has 2 aromatic carbocycles. The standard InChI is InChI=1S/C18H19ClN2O4S/c1-3-12-20-26(23,24)17-10-6-15(7-11-17)21-18(22)13(2)25-16-8-4-14(19)5-9-16/h3-11,13,20H,1,12H2,2H3,(H,21,22). The Bertz CT molecular complexity index is 865. The van der Waals surface area contributed by atoms with Crippen molar-refractivity contribution in [2.24, 2.45) is 0 Å². The smallest absolute Gasteiger partial charge is 0.265 e. The number of halogens is 1. The summed E-state index contributed by atoms with van der Waals surface area (Å²) in [6.45, 7) is 5.21. The third kappa shape index (κ3) is 5.59. The molecule has 2 N–H and O–H groups in total. The molecule has 26 heavy (non-hydrogen) atoms. The summed E-state index contributed by atoms with van der Waals surface area (Å²) >= 11 is 5.80. The van der Waals surface area contributed by atoms with Crippen LogP contribution < -0.4 is 14.8 Å². The Morgan fingerprint density at radius 1 is 1.19 bits per heavy atom. The van der Waals surface area contributed by atoms with Crippen LogP contribution in [-0.2, 0) is 14.8 Å². The molecule has 0 bridgehead atoms. The molecule has 0 aliphatic heterocycles. The van der Waals surface area contributed by atoms with Crippen molar-refractivity contribution in [3.63, 3.8) is 0 Å². The molecule has 2 rings (SSSR count). The number of carbonyl (C=O) groups is 1. The minimum absolute atomic E-state index is 0.0998. The Balaban J connectivity index is 1.98. The first-order valence-corrected chi connectivity index (χ1v) is 9.61. The number of hydrogen-bond donors (Lipinski definition) is 2. The number of sulfonamides is 1. The molecule has 8 heteroatoms. The second-order valence-corrected chi connectivity index (χ2v) is 7.57. The van der Waals surface area contributed by atoms with Crippen LogP contribution in [0.2, 0.25) is 5.02 Å². The fourth-order valence-electron chi connectivity index (χ4n) is 1.98. The zero-order valence-corrected chi connectivity index (χ0v) is 15.7. The molecule has 0 aromatic heterocycles. The summed E-state index contributed by atoms with van der Waals surface area (Å²) in [6.07, 6.45) is 0.711. The molecular weight excluding hydrogens is 376 g/mol. The van der Waals surface area contributed by atoms with Crippen molar-refractivity contribution in [2.45, 2.75) is 17.9 Å². The highest BCUT2D eigenvalue weighted by Gasteiger charge is 2.16. The summed E-state index contributed by atoms with van der Waals surface area (Å²) < 4.78 is 31.9. The number of anilines is 1. The van der Waals surface area contributed by atoms with Gasteiger partial charge in [-0.1, -0.05) is 17.7 Å². The first-order valence-electron chi connectivity index (χ1n) is 7.75. The van der Waals surface area contributed by atoms with Crippen molar-refractivity contribution >= 4 is 33.2 Å². The molecule has 0 spiro atoms. The maximum atomic E-state index is 12.2. The molecule has 138 valence electrons. The van der Waals surface area contributed by atoms with Gasteiger partial charge in [-0.3, -0.25) is 4.79 Å². The van der Waals surface area contributed by atoms with E-state index in [1.807, 2.05) is 0 Å². The van der Waals surface area contributed by atoms with Crippen LogP contribution in [0.3, 0.4) is 0 Å². The number of hydrogen-bond acceptors (Lipinski definition) is 4. The Hall–Kier alpha value is -2.35. The zero-order chi connectivity index (χ0) is 19.2. The predicted molar refractivity (Wildman–Crippen MR) is 102 cm³/mol. The summed E-state index contributed by atoms with van der Waals surface area (Å²) in [5, 5.41) is 3.25. The van der Waals surface area contributed by atoms with Gasteiger partial charge in [0.25, 0.3) is 5.91 Å². The lowest BCUT2D eigenvalue weighted by Gasteiger charge is -2.15. The highest BCUT2D eigenvalue weighted by atomic mass is 35.5. The van der Waals surface area contributed by atoms with E-state index in [0.717, 1.165) is 0 Å². The van der Waals surface area contributed by atoms with Crippen molar-refractivity contribution in [2.75, 3.05) is 11.9 Å². The summed E-state index contributed by atoms with van der Waals surface area (Å²) in [5.41, 5.74) is 0.462. The van der Waals surface area contributed by atoms with Crippen LogP contribution in [-0.4, -0.2) is 27.0 Å². The summed E-state index contributed by atoms with van der Waals surface area (Å²) in [7, 11) is -3.60. The van der Waals surface area contributed by atoms with Crippen LogP contribution >= 0.6 is 11.6 Å². The highest BCUT2D eigenvalue weighted by molar-refractivity contribution is 7.89. The fourth-order valence-corrected chi connectivity index (χ4v) is 3.11. The summed E-state index contributed by atoms with van der Waals surface area (Å²) in [4.78, 5) is 12.3. The second-order valence-electron chi connectivity index (χ2n) is 5.37. The Kier molecular flexibility index (Phi) is 6.79. The zero-order valence-electron chi connectivity index (χ0n) is 14.1. The van der Waals surface area contributed by atoms with Crippen molar-refractivity contribution in [3.8, 4) is 5.75 Å². The van der Waals surface area contributed by atoms with Crippen LogP contribution in [0.4, 0.5) is 5.69 Å². The van der Waals surface area contributed by atoms with E-state index >= 15 is 0 Å². The van der Waals surface area contributed by atoms with Crippen LogP contribution in [0.1, 0.15) is 6.92 Å². The number of amides is 1. The van der Waals surface area contributed by atoms with Crippen LogP contribution in [0.15, 0.2) is 66.1 Å². The van der Waals surface area contributed by atoms with Crippen LogP contribution in [0.25, 0.3) is 0 Å². The van der Waals surface area contributed by atoms with E-state index in [-0.39, 0.29) is 17.3 Å². The second kappa shape index (κ2) is 8.84. The molecule has 1 amide bonds. The van der Waals surface area contributed by atoms with Gasteiger partial charge in [0, 0.05) is 17.3 Å². The molecule has 0 heterocycles. The van der Waals surface area contributed by atoms with E-state index in [2.05, 4.69) is 16.6 Å². The lowest BCUT2D eigenvalue weighted by atomic mass is 10.3. The molecule has 0 radical (unpaired) electrons. The van der Waals surface area contributed by atoms with Gasteiger partial charge in [0.2, 0.25) is 10.0 Å². The quantitative estimate of drug-likeness (QED) is 0.673. The summed E-state index contributed by atoms with van der Waals surface area (Å²) in [6, 6.07) is 12.5. The van der Waals surface area contributed by atoms with E-state index in [1.54, 1.807) is 31.2 Å². The average Bonchev–Trinajstić information content (AvgIpc) is 2.62. The van der Waals surface area contributed by atoms with Crippen LogP contribution in [0.5, 0.6) is 5.75 Å². The van der Waals surface area contributed by atoms with Crippen molar-refractivity contribution in [1.82, 2.24) is 4.72 Å². The van der Waals surface area contributed by atoms with Gasteiger partial charge in [-0.2, -0.15) is 0 Å². The van der Waals surface area contributed by atoms with Gasteiger partial charge in [-0.25, -0.2) is 13.1 Å². The lowest BCUT2D eigenvalue weighted by Crippen LogP contribution is -2.30. The predicted octanol–water partition coefficient (Wildman–Crippen LogP) is 3.21. The number of carbonyl (C=O) groups excluding carboxylic acids is 1.